The van der Waals surface area contributed by atoms with Crippen LogP contribution in [0.1, 0.15) is 40.0 Å². The molecule has 4 heteroatoms. The number of piperazine rings is 1. The Bertz CT molecular complexity index is 325. The van der Waals surface area contributed by atoms with Crippen molar-refractivity contribution in [3.05, 3.63) is 0 Å². The molecule has 2 aliphatic rings. The third-order valence-electron chi connectivity index (χ3n) is 4.03. The van der Waals surface area contributed by atoms with E-state index in [0.29, 0.717) is 5.92 Å². The summed E-state index contributed by atoms with van der Waals surface area (Å²) in [5.41, 5.74) is -0.666. The largest absolute Gasteiger partial charge is 0.342 e. The molecule has 2 rings (SSSR count). The van der Waals surface area contributed by atoms with Crippen molar-refractivity contribution >= 4 is 11.8 Å². The molecule has 2 N–H and O–H groups in total. The first kappa shape index (κ1) is 11.4. The average molecular weight is 224 g/mol. The zero-order valence-electron chi connectivity index (χ0n) is 10.2. The molecule has 0 aromatic heterocycles. The highest BCUT2D eigenvalue weighted by atomic mass is 16.2. The quantitative estimate of drug-likeness (QED) is 0.745. The van der Waals surface area contributed by atoms with Gasteiger partial charge in [0, 0.05) is 0 Å². The van der Waals surface area contributed by atoms with E-state index in [2.05, 4.69) is 10.6 Å². The van der Waals surface area contributed by atoms with E-state index in [-0.39, 0.29) is 23.8 Å². The van der Waals surface area contributed by atoms with Crippen LogP contribution >= 0.6 is 0 Å². The van der Waals surface area contributed by atoms with Gasteiger partial charge in [-0.3, -0.25) is 9.59 Å². The van der Waals surface area contributed by atoms with E-state index in [1.165, 1.54) is 0 Å². The summed E-state index contributed by atoms with van der Waals surface area (Å²) in [4.78, 5) is 24.0. The Hall–Kier alpha value is -1.06. The maximum Gasteiger partial charge on any atom is 0.246 e. The topological polar surface area (TPSA) is 58.2 Å². The van der Waals surface area contributed by atoms with Gasteiger partial charge in [-0.2, -0.15) is 0 Å². The van der Waals surface area contributed by atoms with Crippen LogP contribution in [0.4, 0.5) is 0 Å². The number of rotatable bonds is 3. The number of hydrogen-bond donors (Lipinski definition) is 2. The molecule has 1 saturated carbocycles. The molecule has 4 nitrogen and oxygen atoms in total. The Kier molecular flexibility index (Phi) is 2.68. The molecule has 1 saturated heterocycles. The second-order valence-corrected chi connectivity index (χ2v) is 5.30. The zero-order chi connectivity index (χ0) is 11.9. The Morgan fingerprint density at radius 3 is 2.56 bits per heavy atom. The predicted molar refractivity (Wildman–Crippen MR) is 60.7 cm³/mol. The molecule has 0 radical (unpaired) electrons. The summed E-state index contributed by atoms with van der Waals surface area (Å²) in [5.74, 6) is 0.477. The predicted octanol–water partition coefficient (Wildman–Crippen LogP) is 0.816. The lowest BCUT2D eigenvalue weighted by Gasteiger charge is -2.39. The van der Waals surface area contributed by atoms with E-state index in [1.807, 2.05) is 20.8 Å². The van der Waals surface area contributed by atoms with Crippen LogP contribution in [0, 0.1) is 11.8 Å². The summed E-state index contributed by atoms with van der Waals surface area (Å²) < 4.78 is 0. The lowest BCUT2D eigenvalue weighted by Crippen LogP contribution is -2.70. The SMILES string of the molecule is CCC(C)C1NC(=O)C(C)(C2CC2)NC1=O. The average Bonchev–Trinajstić information content (AvgIpc) is 3.06. The molecule has 2 fully saturated rings. The Balaban J connectivity index is 2.12. The summed E-state index contributed by atoms with van der Waals surface area (Å²) in [7, 11) is 0. The molecular weight excluding hydrogens is 204 g/mol. The summed E-state index contributed by atoms with van der Waals surface area (Å²) >= 11 is 0. The lowest BCUT2D eigenvalue weighted by molar-refractivity contribution is -0.143. The molecule has 1 heterocycles. The van der Waals surface area contributed by atoms with Gasteiger partial charge in [-0.15, -0.1) is 0 Å². The second kappa shape index (κ2) is 3.75. The van der Waals surface area contributed by atoms with Crippen LogP contribution < -0.4 is 10.6 Å². The van der Waals surface area contributed by atoms with E-state index in [9.17, 15) is 9.59 Å². The highest BCUT2D eigenvalue weighted by Crippen LogP contribution is 2.40. The van der Waals surface area contributed by atoms with Crippen molar-refractivity contribution in [2.75, 3.05) is 0 Å². The van der Waals surface area contributed by atoms with Gasteiger partial charge in [0.25, 0.3) is 0 Å². The van der Waals surface area contributed by atoms with Crippen LogP contribution in [0.3, 0.4) is 0 Å². The van der Waals surface area contributed by atoms with Crippen molar-refractivity contribution in [1.29, 1.82) is 0 Å². The zero-order valence-corrected chi connectivity index (χ0v) is 10.2. The van der Waals surface area contributed by atoms with Crippen molar-refractivity contribution in [2.24, 2.45) is 11.8 Å². The highest BCUT2D eigenvalue weighted by Gasteiger charge is 2.52. The van der Waals surface area contributed by atoms with Crippen LogP contribution in [0.25, 0.3) is 0 Å². The van der Waals surface area contributed by atoms with Crippen LogP contribution in [0.15, 0.2) is 0 Å². The highest BCUT2D eigenvalue weighted by molar-refractivity contribution is 6.00. The molecule has 3 unspecified atom stereocenters. The van der Waals surface area contributed by atoms with Crippen molar-refractivity contribution in [2.45, 2.75) is 51.6 Å². The van der Waals surface area contributed by atoms with Crippen molar-refractivity contribution in [3.63, 3.8) is 0 Å². The lowest BCUT2D eigenvalue weighted by atomic mass is 9.87. The van der Waals surface area contributed by atoms with E-state index in [0.717, 1.165) is 19.3 Å². The molecule has 0 spiro atoms. The fraction of sp³-hybridized carbons (Fsp3) is 0.833. The van der Waals surface area contributed by atoms with E-state index in [4.69, 9.17) is 0 Å². The molecule has 1 aliphatic carbocycles. The van der Waals surface area contributed by atoms with E-state index >= 15 is 0 Å². The van der Waals surface area contributed by atoms with Crippen LogP contribution in [0.5, 0.6) is 0 Å². The van der Waals surface area contributed by atoms with Crippen molar-refractivity contribution in [3.8, 4) is 0 Å². The summed E-state index contributed by atoms with van der Waals surface area (Å²) in [6.07, 6.45) is 2.97. The molecule has 0 aromatic carbocycles. The van der Waals surface area contributed by atoms with Crippen LogP contribution in [-0.2, 0) is 9.59 Å². The first-order valence-corrected chi connectivity index (χ1v) is 6.12. The van der Waals surface area contributed by atoms with Gasteiger partial charge in [-0.1, -0.05) is 20.3 Å². The summed E-state index contributed by atoms with van der Waals surface area (Å²) in [6, 6.07) is -0.357. The Morgan fingerprint density at radius 1 is 1.44 bits per heavy atom. The number of carbonyl (C=O) groups excluding carboxylic acids is 2. The number of hydrogen-bond acceptors (Lipinski definition) is 2. The minimum absolute atomic E-state index is 0.0140. The smallest absolute Gasteiger partial charge is 0.246 e. The van der Waals surface area contributed by atoms with Gasteiger partial charge >= 0.3 is 0 Å². The monoisotopic (exact) mass is 224 g/mol. The standard InChI is InChI=1S/C12H20N2O2/c1-4-7(2)9-10(15)14-12(3,8-5-6-8)11(16)13-9/h7-9H,4-6H2,1-3H3,(H,13,16)(H,14,15). The molecule has 1 aliphatic heterocycles. The fourth-order valence-electron chi connectivity index (χ4n) is 2.33. The van der Waals surface area contributed by atoms with Gasteiger partial charge in [0.05, 0.1) is 0 Å². The molecule has 3 atom stereocenters. The number of amides is 2. The van der Waals surface area contributed by atoms with Crippen molar-refractivity contribution < 1.29 is 9.59 Å². The normalized spacial score (nSPS) is 36.6. The van der Waals surface area contributed by atoms with E-state index < -0.39 is 5.54 Å². The van der Waals surface area contributed by atoms with Gasteiger partial charge in [0.1, 0.15) is 11.6 Å². The minimum atomic E-state index is -0.666. The molecule has 2 amide bonds. The summed E-state index contributed by atoms with van der Waals surface area (Å²) in [5, 5.41) is 5.80. The van der Waals surface area contributed by atoms with E-state index in [1.54, 1.807) is 0 Å². The van der Waals surface area contributed by atoms with Crippen LogP contribution in [0.2, 0.25) is 0 Å². The maximum absolute atomic E-state index is 12.0. The van der Waals surface area contributed by atoms with Crippen LogP contribution in [-0.4, -0.2) is 23.4 Å². The third-order valence-corrected chi connectivity index (χ3v) is 4.03. The molecular formula is C12H20N2O2. The van der Waals surface area contributed by atoms with Gasteiger partial charge in [-0.05, 0) is 31.6 Å². The van der Waals surface area contributed by atoms with Gasteiger partial charge in [-0.25, -0.2) is 0 Å². The summed E-state index contributed by atoms with van der Waals surface area (Å²) in [6.45, 7) is 5.85. The first-order chi connectivity index (χ1) is 7.49. The third kappa shape index (κ3) is 1.70. The second-order valence-electron chi connectivity index (χ2n) is 5.30. The Morgan fingerprint density at radius 2 is 2.06 bits per heavy atom. The minimum Gasteiger partial charge on any atom is -0.342 e. The Labute approximate surface area is 96.2 Å². The number of nitrogens with one attached hydrogen (secondary N) is 2. The number of carbonyl (C=O) groups is 2. The first-order valence-electron chi connectivity index (χ1n) is 6.12. The van der Waals surface area contributed by atoms with Gasteiger partial charge in [0.15, 0.2) is 0 Å². The van der Waals surface area contributed by atoms with Gasteiger partial charge < -0.3 is 10.6 Å². The molecule has 0 bridgehead atoms. The van der Waals surface area contributed by atoms with Gasteiger partial charge in [0.2, 0.25) is 11.8 Å². The van der Waals surface area contributed by atoms with Crippen molar-refractivity contribution in [1.82, 2.24) is 10.6 Å². The molecule has 0 aromatic rings. The maximum atomic E-state index is 12.0. The molecule has 90 valence electrons. The fourth-order valence-corrected chi connectivity index (χ4v) is 2.33. The molecule has 16 heavy (non-hydrogen) atoms.